The predicted octanol–water partition coefficient (Wildman–Crippen LogP) is 2.66. The van der Waals surface area contributed by atoms with E-state index in [1.165, 1.54) is 18.9 Å². The van der Waals surface area contributed by atoms with E-state index in [9.17, 15) is 31.1 Å². The molecular formula is C11H13F6N3OS. The van der Waals surface area contributed by atoms with E-state index in [0.717, 1.165) is 16.7 Å². The fraction of sp³-hybridized carbons (Fsp3) is 0.636. The van der Waals surface area contributed by atoms with Crippen molar-refractivity contribution in [2.24, 2.45) is 0 Å². The first kappa shape index (κ1) is 18.7. The van der Waals surface area contributed by atoms with E-state index >= 15 is 0 Å². The third-order valence-corrected chi connectivity index (χ3v) is 3.56. The highest BCUT2D eigenvalue weighted by Gasteiger charge is 2.34. The van der Waals surface area contributed by atoms with Crippen LogP contribution in [0.15, 0.2) is 5.38 Å². The van der Waals surface area contributed by atoms with Crippen molar-refractivity contribution < 1.29 is 31.1 Å². The van der Waals surface area contributed by atoms with Gasteiger partial charge < -0.3 is 5.32 Å². The molecule has 0 unspecified atom stereocenters. The van der Waals surface area contributed by atoms with E-state index in [4.69, 9.17) is 0 Å². The quantitative estimate of drug-likeness (QED) is 0.832. The van der Waals surface area contributed by atoms with Crippen LogP contribution in [0.4, 0.5) is 26.3 Å². The van der Waals surface area contributed by atoms with Crippen molar-refractivity contribution in [1.29, 1.82) is 0 Å². The predicted molar refractivity (Wildman–Crippen MR) is 67.1 cm³/mol. The minimum atomic E-state index is -4.55. The third kappa shape index (κ3) is 5.79. The largest absolute Gasteiger partial charge is 0.434 e. The van der Waals surface area contributed by atoms with Gasteiger partial charge in [0.1, 0.15) is 11.6 Å². The molecule has 0 saturated heterocycles. The maximum atomic E-state index is 12.4. The van der Waals surface area contributed by atoms with E-state index in [2.05, 4.69) is 4.98 Å². The van der Waals surface area contributed by atoms with E-state index < -0.39 is 36.5 Å². The number of rotatable bonds is 5. The van der Waals surface area contributed by atoms with Gasteiger partial charge in [-0.15, -0.1) is 11.3 Å². The van der Waals surface area contributed by atoms with Crippen LogP contribution in [0.3, 0.4) is 0 Å². The van der Waals surface area contributed by atoms with Crippen LogP contribution in [0.5, 0.6) is 0 Å². The van der Waals surface area contributed by atoms with Gasteiger partial charge in [0.05, 0.1) is 12.6 Å². The number of hydrogen-bond acceptors (Lipinski definition) is 4. The van der Waals surface area contributed by atoms with Gasteiger partial charge in [-0.05, 0) is 14.0 Å². The molecule has 1 aromatic heterocycles. The van der Waals surface area contributed by atoms with Crippen molar-refractivity contribution >= 4 is 17.2 Å². The van der Waals surface area contributed by atoms with Crippen LogP contribution in [-0.4, -0.2) is 41.6 Å². The topological polar surface area (TPSA) is 45.2 Å². The molecule has 0 spiro atoms. The van der Waals surface area contributed by atoms with Crippen molar-refractivity contribution in [3.63, 3.8) is 0 Å². The van der Waals surface area contributed by atoms with E-state index in [1.807, 2.05) is 0 Å². The monoisotopic (exact) mass is 349 g/mol. The maximum absolute atomic E-state index is 12.4. The molecule has 0 aliphatic rings. The Morgan fingerprint density at radius 2 is 1.95 bits per heavy atom. The summed E-state index contributed by atoms with van der Waals surface area (Å²) in [5.74, 6) is -0.868. The molecule has 0 aromatic carbocycles. The SMILES string of the molecule is C[C@@H](C(=O)NCC(F)(F)F)N(C)Cc1nc(C(F)(F)F)cs1. The zero-order valence-electron chi connectivity index (χ0n) is 11.5. The molecule has 0 radical (unpaired) electrons. The average molecular weight is 349 g/mol. The van der Waals surface area contributed by atoms with Gasteiger partial charge in [0.15, 0.2) is 5.69 Å². The molecular weight excluding hydrogens is 336 g/mol. The maximum Gasteiger partial charge on any atom is 0.434 e. The van der Waals surface area contributed by atoms with Gasteiger partial charge in [0, 0.05) is 5.38 Å². The highest BCUT2D eigenvalue weighted by molar-refractivity contribution is 7.09. The molecule has 0 fully saturated rings. The molecule has 1 rings (SSSR count). The summed E-state index contributed by atoms with van der Waals surface area (Å²) in [4.78, 5) is 16.2. The zero-order valence-corrected chi connectivity index (χ0v) is 12.4. The highest BCUT2D eigenvalue weighted by atomic mass is 32.1. The van der Waals surface area contributed by atoms with E-state index in [1.54, 1.807) is 5.32 Å². The number of aromatic nitrogens is 1. The van der Waals surface area contributed by atoms with Crippen molar-refractivity contribution in [2.75, 3.05) is 13.6 Å². The van der Waals surface area contributed by atoms with Crippen LogP contribution < -0.4 is 5.32 Å². The number of nitrogens with zero attached hydrogens (tertiary/aromatic N) is 2. The molecule has 1 atom stereocenters. The van der Waals surface area contributed by atoms with E-state index in [0.29, 0.717) is 0 Å². The second-order valence-electron chi connectivity index (χ2n) is 4.55. The third-order valence-electron chi connectivity index (χ3n) is 2.73. The summed E-state index contributed by atoms with van der Waals surface area (Å²) in [6.45, 7) is -0.190. The average Bonchev–Trinajstić information content (AvgIpc) is 2.82. The summed E-state index contributed by atoms with van der Waals surface area (Å²) < 4.78 is 73.2. The van der Waals surface area contributed by atoms with Gasteiger partial charge in [-0.2, -0.15) is 26.3 Å². The lowest BCUT2D eigenvalue weighted by Gasteiger charge is -2.23. The normalized spacial score (nSPS) is 14.2. The van der Waals surface area contributed by atoms with Gasteiger partial charge >= 0.3 is 12.4 Å². The Labute approximate surface area is 126 Å². The summed E-state index contributed by atoms with van der Waals surface area (Å²) in [5.41, 5.74) is -1.03. The lowest BCUT2D eigenvalue weighted by Crippen LogP contribution is -2.45. The number of amides is 1. The first-order chi connectivity index (χ1) is 9.90. The fourth-order valence-electron chi connectivity index (χ4n) is 1.40. The molecule has 4 nitrogen and oxygen atoms in total. The van der Waals surface area contributed by atoms with Gasteiger partial charge in [-0.25, -0.2) is 4.98 Å². The van der Waals surface area contributed by atoms with Crippen LogP contribution in [0, 0.1) is 0 Å². The minimum Gasteiger partial charge on any atom is -0.346 e. The number of hydrogen-bond donors (Lipinski definition) is 1. The fourth-order valence-corrected chi connectivity index (χ4v) is 2.26. The Kier molecular flexibility index (Phi) is 5.79. The van der Waals surface area contributed by atoms with Gasteiger partial charge in [-0.1, -0.05) is 0 Å². The molecule has 126 valence electrons. The molecule has 22 heavy (non-hydrogen) atoms. The molecule has 1 N–H and O–H groups in total. The van der Waals surface area contributed by atoms with Crippen LogP contribution in [0.1, 0.15) is 17.6 Å². The van der Waals surface area contributed by atoms with Crippen LogP contribution in [0.2, 0.25) is 0 Å². The van der Waals surface area contributed by atoms with Crippen molar-refractivity contribution in [3.8, 4) is 0 Å². The molecule has 0 aliphatic heterocycles. The smallest absolute Gasteiger partial charge is 0.346 e. The summed E-state index contributed by atoms with van der Waals surface area (Å²) in [7, 11) is 1.41. The number of halogens is 6. The van der Waals surface area contributed by atoms with Crippen molar-refractivity contribution in [2.45, 2.75) is 31.9 Å². The summed E-state index contributed by atoms with van der Waals surface area (Å²) in [5, 5.41) is 2.68. The summed E-state index contributed by atoms with van der Waals surface area (Å²) >= 11 is 0.767. The van der Waals surface area contributed by atoms with E-state index in [-0.39, 0.29) is 11.6 Å². The van der Waals surface area contributed by atoms with Crippen LogP contribution >= 0.6 is 11.3 Å². The molecule has 1 aromatic rings. The highest BCUT2D eigenvalue weighted by Crippen LogP contribution is 2.30. The Balaban J connectivity index is 2.58. The van der Waals surface area contributed by atoms with Crippen molar-refractivity contribution in [3.05, 3.63) is 16.1 Å². The number of thiazole rings is 1. The number of nitrogens with one attached hydrogen (secondary N) is 1. The van der Waals surface area contributed by atoms with Crippen molar-refractivity contribution in [1.82, 2.24) is 15.2 Å². The Bertz CT molecular complexity index is 513. The first-order valence-corrected chi connectivity index (χ1v) is 6.84. The number of carbonyl (C=O) groups excluding carboxylic acids is 1. The number of likely N-dealkylation sites (N-methyl/N-ethyl adjacent to an activating group) is 1. The lowest BCUT2D eigenvalue weighted by atomic mass is 10.2. The Hall–Kier alpha value is -1.36. The summed E-state index contributed by atoms with van der Waals surface area (Å²) in [6, 6.07) is -0.944. The van der Waals surface area contributed by atoms with Crippen LogP contribution in [-0.2, 0) is 17.5 Å². The second-order valence-corrected chi connectivity index (χ2v) is 5.49. The molecule has 11 heteroatoms. The Morgan fingerprint density at radius 1 is 1.36 bits per heavy atom. The molecule has 1 heterocycles. The number of alkyl halides is 6. The van der Waals surface area contributed by atoms with Gasteiger partial charge in [-0.3, -0.25) is 9.69 Å². The first-order valence-electron chi connectivity index (χ1n) is 5.96. The standard InChI is InChI=1S/C11H13F6N3OS/c1-6(9(21)18-5-10(12,13)14)20(2)3-8-19-7(4-22-8)11(15,16)17/h4,6H,3,5H2,1-2H3,(H,18,21)/t6-/m0/s1. The summed E-state index contributed by atoms with van der Waals surface area (Å²) in [6.07, 6.45) is -9.08. The molecule has 0 bridgehead atoms. The molecule has 0 aliphatic carbocycles. The number of carbonyl (C=O) groups is 1. The van der Waals surface area contributed by atoms with Crippen LogP contribution in [0.25, 0.3) is 0 Å². The molecule has 0 saturated carbocycles. The zero-order chi connectivity index (χ0) is 17.1. The second kappa shape index (κ2) is 6.82. The Morgan fingerprint density at radius 3 is 2.41 bits per heavy atom. The minimum absolute atomic E-state index is 0.0820. The molecule has 1 amide bonds. The van der Waals surface area contributed by atoms with Gasteiger partial charge in [0.25, 0.3) is 0 Å². The van der Waals surface area contributed by atoms with Gasteiger partial charge in [0.2, 0.25) is 5.91 Å². The lowest BCUT2D eigenvalue weighted by molar-refractivity contribution is -0.141.